The zero-order valence-corrected chi connectivity index (χ0v) is 18.6. The second kappa shape index (κ2) is 10.2. The highest BCUT2D eigenvalue weighted by molar-refractivity contribution is 8.00. The highest BCUT2D eigenvalue weighted by atomic mass is 32.2. The summed E-state index contributed by atoms with van der Waals surface area (Å²) < 4.78 is 0. The molecule has 0 unspecified atom stereocenters. The van der Waals surface area contributed by atoms with Crippen LogP contribution in [0.4, 0.5) is 5.13 Å². The Hall–Kier alpha value is -3.83. The first-order valence-corrected chi connectivity index (χ1v) is 11.1. The molecule has 0 radical (unpaired) electrons. The summed E-state index contributed by atoms with van der Waals surface area (Å²) >= 11 is 2.30. The number of nitrogens with two attached hydrogens (primary N) is 1. The number of thioether (sulfide) groups is 1. The molecule has 5 N–H and O–H groups in total. The summed E-state index contributed by atoms with van der Waals surface area (Å²) in [5.74, 6) is 1.60. The lowest BCUT2D eigenvalue weighted by molar-refractivity contribution is -0.150. The van der Waals surface area contributed by atoms with Crippen LogP contribution in [-0.4, -0.2) is 73.3 Å². The van der Waals surface area contributed by atoms with E-state index in [9.17, 15) is 24.3 Å². The number of carboxylic acids is 2. The Labute approximate surface area is 195 Å². The summed E-state index contributed by atoms with van der Waals surface area (Å²) in [6.45, 7) is 0.843. The number of nitrogen functional groups attached to an aromatic ring is 1. The summed E-state index contributed by atoms with van der Waals surface area (Å²) in [5, 5.41) is 25.3. The van der Waals surface area contributed by atoms with E-state index < -0.39 is 41.8 Å². The summed E-state index contributed by atoms with van der Waals surface area (Å²) in [5.41, 5.74) is 5.51. The first-order chi connectivity index (χ1) is 15.7. The van der Waals surface area contributed by atoms with Gasteiger partial charge in [-0.05, 0) is 24.6 Å². The van der Waals surface area contributed by atoms with Crippen molar-refractivity contribution in [2.75, 3.05) is 18.1 Å². The predicted molar refractivity (Wildman–Crippen MR) is 119 cm³/mol. The maximum absolute atomic E-state index is 12.8. The van der Waals surface area contributed by atoms with E-state index in [0.717, 1.165) is 16.2 Å². The van der Waals surface area contributed by atoms with Gasteiger partial charge in [0.15, 0.2) is 10.8 Å². The number of allylic oxidation sites excluding steroid dienone is 2. The topological polar surface area (TPSA) is 185 Å². The fraction of sp³-hybridized carbons (Fsp3) is 0.263. The monoisotopic (exact) mass is 491 g/mol. The van der Waals surface area contributed by atoms with Crippen LogP contribution >= 0.6 is 23.1 Å². The lowest BCUT2D eigenvalue weighted by Gasteiger charge is -2.49. The largest absolute Gasteiger partial charge is 0.479 e. The molecule has 0 aliphatic carbocycles. The molecule has 33 heavy (non-hydrogen) atoms. The van der Waals surface area contributed by atoms with Gasteiger partial charge in [0.05, 0.1) is 0 Å². The highest BCUT2D eigenvalue weighted by Crippen LogP contribution is 2.40. The number of hydrogen-bond acceptors (Lipinski definition) is 10. The number of fused-ring (bicyclic) bond motifs is 1. The van der Waals surface area contributed by atoms with Gasteiger partial charge in [-0.25, -0.2) is 14.6 Å². The third kappa shape index (κ3) is 5.16. The average molecular weight is 492 g/mol. The number of anilines is 1. The fourth-order valence-corrected chi connectivity index (χ4v) is 4.83. The third-order valence-electron chi connectivity index (χ3n) is 4.32. The smallest absolute Gasteiger partial charge is 0.352 e. The number of amides is 2. The van der Waals surface area contributed by atoms with Crippen molar-refractivity contribution in [3.05, 3.63) is 34.5 Å². The van der Waals surface area contributed by atoms with Crippen LogP contribution in [0.25, 0.3) is 0 Å². The van der Waals surface area contributed by atoms with Crippen molar-refractivity contribution in [2.24, 2.45) is 5.16 Å². The first-order valence-electron chi connectivity index (χ1n) is 9.18. The van der Waals surface area contributed by atoms with Crippen molar-refractivity contribution >= 4 is 57.7 Å². The summed E-state index contributed by atoms with van der Waals surface area (Å²) in [7, 11) is 0. The SMILES string of the molecule is CC#C/C=C\C1=C(C(=O)O)N2C(=O)[C@@H](NC(=O)/C(=N\OCC(=O)O)c3csc(N)n3)[C@H]2SC1. The molecule has 2 aliphatic rings. The number of oxime groups is 1. The number of carboxylic acid groups (broad SMARTS) is 2. The van der Waals surface area contributed by atoms with Crippen molar-refractivity contribution < 1.29 is 34.2 Å². The van der Waals surface area contributed by atoms with Crippen LogP contribution in [-0.2, 0) is 24.0 Å². The molecule has 1 fully saturated rings. The molecule has 2 atom stereocenters. The van der Waals surface area contributed by atoms with E-state index in [4.69, 9.17) is 10.8 Å². The number of nitrogens with one attached hydrogen (secondary N) is 1. The minimum atomic E-state index is -1.30. The quantitative estimate of drug-likeness (QED) is 0.165. The standard InChI is InChI=1S/C19H17N5O7S2/c1-2-3-4-5-9-7-32-17-13(16(28)24(17)14(9)18(29)30)22-15(27)12(23-31-6-11(25)26)10-8-33-19(20)21-10/h4-5,8,13,17H,6-7H2,1H3,(H2,20,21)(H,22,27)(H,25,26)(H,29,30)/b5-4-,23-12-/t13-,17-/m1/s1. The molecule has 1 aromatic rings. The first kappa shape index (κ1) is 23.8. The summed E-state index contributed by atoms with van der Waals surface area (Å²) in [6, 6.07) is -1.03. The van der Waals surface area contributed by atoms with E-state index in [-0.39, 0.29) is 28.0 Å². The molecule has 12 nitrogen and oxygen atoms in total. The lowest BCUT2D eigenvalue weighted by atomic mass is 10.0. The molecule has 2 amide bonds. The Morgan fingerprint density at radius 2 is 2.21 bits per heavy atom. The normalized spacial score (nSPS) is 20.0. The van der Waals surface area contributed by atoms with Crippen molar-refractivity contribution in [1.29, 1.82) is 0 Å². The van der Waals surface area contributed by atoms with Crippen LogP contribution in [0.5, 0.6) is 0 Å². The van der Waals surface area contributed by atoms with E-state index >= 15 is 0 Å². The van der Waals surface area contributed by atoms with Crippen LogP contribution < -0.4 is 11.1 Å². The van der Waals surface area contributed by atoms with Gasteiger partial charge in [-0.1, -0.05) is 11.1 Å². The van der Waals surface area contributed by atoms with Crippen LogP contribution in [0, 0.1) is 11.8 Å². The molecule has 1 aromatic heterocycles. The summed E-state index contributed by atoms with van der Waals surface area (Å²) in [6.07, 6.45) is 3.04. The van der Waals surface area contributed by atoms with Gasteiger partial charge in [-0.3, -0.25) is 14.5 Å². The zero-order valence-electron chi connectivity index (χ0n) is 17.0. The molecule has 2 aliphatic heterocycles. The predicted octanol–water partition coefficient (Wildman–Crippen LogP) is -0.151. The average Bonchev–Trinajstić information content (AvgIpc) is 3.19. The van der Waals surface area contributed by atoms with Gasteiger partial charge in [0, 0.05) is 11.1 Å². The minimum absolute atomic E-state index is 0.0379. The van der Waals surface area contributed by atoms with Gasteiger partial charge >= 0.3 is 11.9 Å². The minimum Gasteiger partial charge on any atom is -0.479 e. The number of nitrogens with zero attached hydrogens (tertiary/aromatic N) is 3. The number of carbonyl (C=O) groups excluding carboxylic acids is 2. The maximum Gasteiger partial charge on any atom is 0.352 e. The molecule has 1 saturated heterocycles. The summed E-state index contributed by atoms with van der Waals surface area (Å²) in [4.78, 5) is 57.8. The number of thiazole rings is 1. The van der Waals surface area contributed by atoms with Gasteiger partial charge in [0.1, 0.15) is 22.8 Å². The Morgan fingerprint density at radius 1 is 1.45 bits per heavy atom. The molecule has 14 heteroatoms. The van der Waals surface area contributed by atoms with Crippen LogP contribution in [0.2, 0.25) is 0 Å². The molecule has 0 saturated carbocycles. The molecule has 0 aromatic carbocycles. The molecular formula is C19H17N5O7S2. The van der Waals surface area contributed by atoms with E-state index in [2.05, 4.69) is 32.1 Å². The number of hydrogen-bond donors (Lipinski definition) is 4. The number of aliphatic carboxylic acids is 2. The van der Waals surface area contributed by atoms with Crippen LogP contribution in [0.15, 0.2) is 34.0 Å². The fourth-order valence-electron chi connectivity index (χ4n) is 2.96. The lowest BCUT2D eigenvalue weighted by Crippen LogP contribution is -2.71. The number of aromatic nitrogens is 1. The molecular weight excluding hydrogens is 474 g/mol. The molecule has 0 spiro atoms. The van der Waals surface area contributed by atoms with Gasteiger partial charge in [-0.15, -0.1) is 29.0 Å². The van der Waals surface area contributed by atoms with E-state index in [1.807, 2.05) is 0 Å². The Balaban J connectivity index is 1.80. The number of rotatable bonds is 8. The van der Waals surface area contributed by atoms with E-state index in [1.54, 1.807) is 13.0 Å². The second-order valence-electron chi connectivity index (χ2n) is 6.45. The molecule has 3 heterocycles. The Kier molecular flexibility index (Phi) is 7.36. The highest BCUT2D eigenvalue weighted by Gasteiger charge is 2.54. The Morgan fingerprint density at radius 3 is 2.82 bits per heavy atom. The van der Waals surface area contributed by atoms with Gasteiger partial charge in [0.2, 0.25) is 6.61 Å². The van der Waals surface area contributed by atoms with Gasteiger partial charge in [-0.2, -0.15) is 0 Å². The third-order valence-corrected chi connectivity index (χ3v) is 6.30. The Bertz CT molecular complexity index is 1160. The van der Waals surface area contributed by atoms with Crippen molar-refractivity contribution in [2.45, 2.75) is 18.3 Å². The van der Waals surface area contributed by atoms with Crippen molar-refractivity contribution in [3.63, 3.8) is 0 Å². The second-order valence-corrected chi connectivity index (χ2v) is 8.44. The van der Waals surface area contributed by atoms with Crippen molar-refractivity contribution in [1.82, 2.24) is 15.2 Å². The van der Waals surface area contributed by atoms with Gasteiger partial charge in [0.25, 0.3) is 11.8 Å². The van der Waals surface area contributed by atoms with Crippen molar-refractivity contribution in [3.8, 4) is 11.8 Å². The van der Waals surface area contributed by atoms with E-state index in [0.29, 0.717) is 5.57 Å². The number of carbonyl (C=O) groups is 4. The van der Waals surface area contributed by atoms with Crippen LogP contribution in [0.1, 0.15) is 12.6 Å². The zero-order chi connectivity index (χ0) is 24.1. The molecule has 0 bridgehead atoms. The van der Waals surface area contributed by atoms with Gasteiger partial charge < -0.3 is 26.1 Å². The van der Waals surface area contributed by atoms with E-state index in [1.165, 1.54) is 23.2 Å². The molecule has 172 valence electrons. The van der Waals surface area contributed by atoms with Crippen LogP contribution in [0.3, 0.4) is 0 Å². The molecule has 3 rings (SSSR count). The number of β-lactam (4-membered cyclic amide) rings is 1. The maximum atomic E-state index is 12.8.